The Balaban J connectivity index is 1.65. The molecule has 12 heteroatoms. The third kappa shape index (κ3) is 4.90. The van der Waals surface area contributed by atoms with Gasteiger partial charge in [-0.05, 0) is 31.1 Å². The molecule has 4 rings (SSSR count). The van der Waals surface area contributed by atoms with Gasteiger partial charge >= 0.3 is 0 Å². The van der Waals surface area contributed by atoms with E-state index >= 15 is 0 Å². The van der Waals surface area contributed by atoms with Crippen molar-refractivity contribution in [2.45, 2.75) is 6.42 Å². The molecule has 12 nitrogen and oxygen atoms in total. The predicted molar refractivity (Wildman–Crippen MR) is 121 cm³/mol. The third-order valence-corrected chi connectivity index (χ3v) is 5.17. The molecule has 33 heavy (non-hydrogen) atoms. The number of anilines is 3. The van der Waals surface area contributed by atoms with Crippen LogP contribution in [0.4, 0.5) is 17.2 Å². The average molecular weight is 451 g/mol. The highest BCUT2D eigenvalue weighted by atomic mass is 16.5. The van der Waals surface area contributed by atoms with E-state index in [9.17, 15) is 9.59 Å². The van der Waals surface area contributed by atoms with Gasteiger partial charge in [-0.15, -0.1) is 10.2 Å². The largest absolute Gasteiger partial charge is 0.494 e. The molecule has 2 aromatic heterocycles. The minimum absolute atomic E-state index is 0.0714. The van der Waals surface area contributed by atoms with E-state index in [2.05, 4.69) is 41.5 Å². The minimum Gasteiger partial charge on any atom is -0.494 e. The lowest BCUT2D eigenvalue weighted by Gasteiger charge is -2.26. The smallest absolute Gasteiger partial charge is 0.273 e. The van der Waals surface area contributed by atoms with Gasteiger partial charge in [0, 0.05) is 26.6 Å². The summed E-state index contributed by atoms with van der Waals surface area (Å²) in [5.74, 6) is 0.958. The number of benzene rings is 1. The molecule has 0 atom stereocenters. The zero-order chi connectivity index (χ0) is 23.4. The van der Waals surface area contributed by atoms with Crippen molar-refractivity contribution in [3.05, 3.63) is 36.3 Å². The first-order valence-electron chi connectivity index (χ1n) is 10.4. The summed E-state index contributed by atoms with van der Waals surface area (Å²) in [7, 11) is 4.82. The Bertz CT molecular complexity index is 1170. The highest BCUT2D eigenvalue weighted by Crippen LogP contribution is 2.37. The lowest BCUT2D eigenvalue weighted by atomic mass is 9.99. The molecular formula is C21H25N9O3. The van der Waals surface area contributed by atoms with Gasteiger partial charge in [-0.1, -0.05) is 6.07 Å². The number of hydrogen-bond acceptors (Lipinski definition) is 9. The fourth-order valence-electron chi connectivity index (χ4n) is 3.42. The van der Waals surface area contributed by atoms with Crippen LogP contribution >= 0.6 is 0 Å². The highest BCUT2D eigenvalue weighted by Gasteiger charge is 2.22. The number of nitrogens with one attached hydrogen (secondary N) is 4. The minimum atomic E-state index is -0.426. The summed E-state index contributed by atoms with van der Waals surface area (Å²) in [6, 6.07) is 7.02. The molecule has 0 radical (unpaired) electrons. The Morgan fingerprint density at radius 1 is 1.24 bits per heavy atom. The van der Waals surface area contributed by atoms with Crippen molar-refractivity contribution in [2.24, 2.45) is 13.0 Å². The number of amides is 2. The van der Waals surface area contributed by atoms with Gasteiger partial charge in [0.15, 0.2) is 23.1 Å². The Hall–Kier alpha value is -4.06. The molecule has 1 saturated heterocycles. The summed E-state index contributed by atoms with van der Waals surface area (Å²) in [5.41, 5.74) is 1.67. The molecular weight excluding hydrogens is 426 g/mol. The van der Waals surface area contributed by atoms with Crippen LogP contribution in [0.2, 0.25) is 0 Å². The van der Waals surface area contributed by atoms with Gasteiger partial charge in [0.05, 0.1) is 24.0 Å². The van der Waals surface area contributed by atoms with E-state index in [1.807, 2.05) is 12.1 Å². The van der Waals surface area contributed by atoms with Gasteiger partial charge < -0.3 is 26.0 Å². The van der Waals surface area contributed by atoms with Crippen LogP contribution in [0.15, 0.2) is 30.6 Å². The Kier molecular flexibility index (Phi) is 6.45. The molecule has 3 heterocycles. The topological polar surface area (TPSA) is 148 Å². The van der Waals surface area contributed by atoms with E-state index in [-0.39, 0.29) is 17.4 Å². The Labute approximate surface area is 190 Å². The average Bonchev–Trinajstić information content (AvgIpc) is 3.22. The molecule has 2 amide bonds. The third-order valence-electron chi connectivity index (χ3n) is 5.17. The van der Waals surface area contributed by atoms with Crippen molar-refractivity contribution in [3.63, 3.8) is 0 Å². The first-order valence-corrected chi connectivity index (χ1v) is 10.4. The van der Waals surface area contributed by atoms with Gasteiger partial charge in [-0.3, -0.25) is 14.3 Å². The normalized spacial score (nSPS) is 13.2. The van der Waals surface area contributed by atoms with Crippen LogP contribution in [0.3, 0.4) is 0 Å². The van der Waals surface area contributed by atoms with Crippen molar-refractivity contribution in [3.8, 4) is 17.1 Å². The highest BCUT2D eigenvalue weighted by molar-refractivity contribution is 5.99. The van der Waals surface area contributed by atoms with Crippen LogP contribution in [0.5, 0.6) is 5.75 Å². The standard InChI is InChI=1S/C21H25N9O3/c1-22-21(32)18-15(8-16(27-28-18)26-17(31)7-12-9-23-10-12)25-14-6-4-5-13(19(14)33-3)20-24-11-30(2)29-20/h4-6,8,11-12,23H,7,9-10H2,1-3H3,(H,22,32)(H2,25,26,27,31). The maximum absolute atomic E-state index is 12.4. The summed E-state index contributed by atoms with van der Waals surface area (Å²) >= 11 is 0. The first-order chi connectivity index (χ1) is 16.0. The van der Waals surface area contributed by atoms with Crippen molar-refractivity contribution < 1.29 is 14.3 Å². The molecule has 1 fully saturated rings. The van der Waals surface area contributed by atoms with E-state index < -0.39 is 5.91 Å². The monoisotopic (exact) mass is 451 g/mol. The number of ether oxygens (including phenoxy) is 1. The molecule has 3 aromatic rings. The quantitative estimate of drug-likeness (QED) is 0.392. The first kappa shape index (κ1) is 22.1. The predicted octanol–water partition coefficient (Wildman–Crippen LogP) is 0.932. The zero-order valence-electron chi connectivity index (χ0n) is 18.5. The lowest BCUT2D eigenvalue weighted by Crippen LogP contribution is -2.43. The fourth-order valence-corrected chi connectivity index (χ4v) is 3.42. The van der Waals surface area contributed by atoms with Crippen LogP contribution in [-0.4, -0.2) is 64.0 Å². The molecule has 1 aromatic carbocycles. The number of methoxy groups -OCH3 is 1. The van der Waals surface area contributed by atoms with Crippen LogP contribution in [-0.2, 0) is 11.8 Å². The summed E-state index contributed by atoms with van der Waals surface area (Å²) in [5, 5.41) is 24.0. The van der Waals surface area contributed by atoms with Crippen LogP contribution < -0.4 is 26.0 Å². The van der Waals surface area contributed by atoms with E-state index in [1.54, 1.807) is 37.3 Å². The van der Waals surface area contributed by atoms with Crippen molar-refractivity contribution in [2.75, 3.05) is 37.9 Å². The molecule has 172 valence electrons. The second-order valence-electron chi connectivity index (χ2n) is 7.60. The van der Waals surface area contributed by atoms with Gasteiger partial charge in [-0.25, -0.2) is 4.98 Å². The summed E-state index contributed by atoms with van der Waals surface area (Å²) in [6.45, 7) is 1.64. The summed E-state index contributed by atoms with van der Waals surface area (Å²) in [4.78, 5) is 29.0. The van der Waals surface area contributed by atoms with Crippen LogP contribution in [0.25, 0.3) is 11.4 Å². The number of aromatic nitrogens is 5. The molecule has 1 aliphatic rings. The number of nitrogens with zero attached hydrogens (tertiary/aromatic N) is 5. The number of aryl methyl sites for hydroxylation is 1. The number of hydrogen-bond donors (Lipinski definition) is 4. The van der Waals surface area contributed by atoms with Gasteiger partial charge in [0.2, 0.25) is 5.91 Å². The summed E-state index contributed by atoms with van der Waals surface area (Å²) in [6.07, 6.45) is 1.99. The summed E-state index contributed by atoms with van der Waals surface area (Å²) < 4.78 is 7.23. The van der Waals surface area contributed by atoms with E-state index in [0.29, 0.717) is 40.9 Å². The van der Waals surface area contributed by atoms with Gasteiger partial charge in [0.25, 0.3) is 5.91 Å². The molecule has 0 aliphatic carbocycles. The van der Waals surface area contributed by atoms with Crippen molar-refractivity contribution >= 4 is 29.0 Å². The van der Waals surface area contributed by atoms with Crippen LogP contribution in [0.1, 0.15) is 16.9 Å². The van der Waals surface area contributed by atoms with Gasteiger partial charge in [-0.2, -0.15) is 5.10 Å². The van der Waals surface area contributed by atoms with E-state index in [0.717, 1.165) is 13.1 Å². The second kappa shape index (κ2) is 9.61. The molecule has 0 unspecified atom stereocenters. The molecule has 0 spiro atoms. The molecule has 1 aliphatic heterocycles. The maximum atomic E-state index is 12.4. The molecule has 0 bridgehead atoms. The molecule has 4 N–H and O–H groups in total. The van der Waals surface area contributed by atoms with E-state index in [1.165, 1.54) is 7.05 Å². The number of para-hydroxylation sites is 1. The van der Waals surface area contributed by atoms with Crippen molar-refractivity contribution in [1.29, 1.82) is 0 Å². The zero-order valence-corrected chi connectivity index (χ0v) is 18.5. The van der Waals surface area contributed by atoms with Crippen LogP contribution in [0, 0.1) is 5.92 Å². The Morgan fingerprint density at radius 3 is 2.70 bits per heavy atom. The number of carbonyl (C=O) groups is 2. The van der Waals surface area contributed by atoms with E-state index in [4.69, 9.17) is 4.74 Å². The van der Waals surface area contributed by atoms with Crippen molar-refractivity contribution in [1.82, 2.24) is 35.6 Å². The SMILES string of the molecule is CNC(=O)c1nnc(NC(=O)CC2CNC2)cc1Nc1cccc(-c2ncn(C)n2)c1OC. The number of rotatable bonds is 8. The van der Waals surface area contributed by atoms with Gasteiger partial charge in [0.1, 0.15) is 6.33 Å². The number of carbonyl (C=O) groups excluding carboxylic acids is 2. The molecule has 0 saturated carbocycles. The second-order valence-corrected chi connectivity index (χ2v) is 7.60. The maximum Gasteiger partial charge on any atom is 0.273 e. The fraction of sp³-hybridized carbons (Fsp3) is 0.333. The Morgan fingerprint density at radius 2 is 2.06 bits per heavy atom. The lowest BCUT2D eigenvalue weighted by molar-refractivity contribution is -0.117.